The van der Waals surface area contributed by atoms with Gasteiger partial charge in [0.05, 0.1) is 0 Å². The molecule has 168 valence electrons. The fraction of sp³-hybridized carbons (Fsp3) is 0.348. The van der Waals surface area contributed by atoms with E-state index >= 15 is 0 Å². The number of anilines is 2. The van der Waals surface area contributed by atoms with Gasteiger partial charge in [-0.3, -0.25) is 9.59 Å². The summed E-state index contributed by atoms with van der Waals surface area (Å²) in [6.07, 6.45) is 8.83. The first-order valence-electron chi connectivity index (χ1n) is 10.2. The molecule has 0 radical (unpaired) electrons. The van der Waals surface area contributed by atoms with Gasteiger partial charge < -0.3 is 15.4 Å². The maximum absolute atomic E-state index is 11.6. The Labute approximate surface area is 195 Å². The Kier molecular flexibility index (Phi) is 7.40. The Balaban J connectivity index is 0.000000204. The number of nitrogens with one attached hydrogen (secondary N) is 2. The summed E-state index contributed by atoms with van der Waals surface area (Å²) < 4.78 is 6.14. The van der Waals surface area contributed by atoms with E-state index in [2.05, 4.69) is 36.5 Å². The highest BCUT2D eigenvalue weighted by Gasteiger charge is 2.17. The zero-order valence-corrected chi connectivity index (χ0v) is 19.8. The Hall–Kier alpha value is -3.07. The zero-order valence-electron chi connectivity index (χ0n) is 18.2. The van der Waals surface area contributed by atoms with Gasteiger partial charge in [0.1, 0.15) is 17.2 Å². The van der Waals surface area contributed by atoms with Gasteiger partial charge in [-0.1, -0.05) is 0 Å². The van der Waals surface area contributed by atoms with Gasteiger partial charge in [-0.25, -0.2) is 14.8 Å². The number of fused-ring (bicyclic) bond motifs is 2. The summed E-state index contributed by atoms with van der Waals surface area (Å²) in [5.41, 5.74) is 2.39. The second kappa shape index (κ2) is 10.0. The normalized spacial score (nSPS) is 15.0. The molecule has 4 heterocycles. The number of halogens is 1. The average molecular weight is 501 g/mol. The number of pyridine rings is 2. The Bertz CT molecular complexity index is 1080. The van der Waals surface area contributed by atoms with E-state index in [1.165, 1.54) is 6.08 Å². The molecule has 0 aliphatic carbocycles. The predicted octanol–water partition coefficient (Wildman–Crippen LogP) is 4.05. The van der Waals surface area contributed by atoms with E-state index in [0.29, 0.717) is 30.9 Å². The van der Waals surface area contributed by atoms with Crippen molar-refractivity contribution in [1.82, 2.24) is 9.97 Å². The first-order chi connectivity index (χ1) is 15.1. The lowest BCUT2D eigenvalue weighted by Gasteiger charge is -2.18. The summed E-state index contributed by atoms with van der Waals surface area (Å²) in [5, 5.41) is 5.43. The molecule has 0 fully saturated rings. The molecular weight excluding hydrogens is 476 g/mol. The number of nitrogens with zero attached hydrogens (tertiary/aromatic N) is 2. The molecule has 0 unspecified atom stereocenters. The van der Waals surface area contributed by atoms with Crippen LogP contribution in [-0.4, -0.2) is 33.4 Å². The number of esters is 1. The molecule has 2 aliphatic heterocycles. The van der Waals surface area contributed by atoms with Crippen LogP contribution in [0.5, 0.6) is 0 Å². The van der Waals surface area contributed by atoms with E-state index in [0.717, 1.165) is 27.6 Å². The van der Waals surface area contributed by atoms with Gasteiger partial charge in [-0.15, -0.1) is 0 Å². The molecule has 8 nitrogen and oxygen atoms in total. The summed E-state index contributed by atoms with van der Waals surface area (Å²) in [4.78, 5) is 42.0. The fourth-order valence-electron chi connectivity index (χ4n) is 3.09. The van der Waals surface area contributed by atoms with E-state index < -0.39 is 5.60 Å². The number of aromatic nitrogens is 2. The molecule has 2 aromatic rings. The number of amides is 2. The van der Waals surface area contributed by atoms with Crippen LogP contribution >= 0.6 is 15.9 Å². The molecule has 4 rings (SSSR count). The molecule has 0 saturated heterocycles. The summed E-state index contributed by atoms with van der Waals surface area (Å²) in [6.45, 7) is 5.46. The lowest BCUT2D eigenvalue weighted by Crippen LogP contribution is -2.22. The van der Waals surface area contributed by atoms with Crippen LogP contribution in [0, 0.1) is 0 Å². The van der Waals surface area contributed by atoms with E-state index in [4.69, 9.17) is 4.74 Å². The van der Waals surface area contributed by atoms with Gasteiger partial charge >= 0.3 is 5.97 Å². The maximum atomic E-state index is 11.6. The Morgan fingerprint density at radius 3 is 2.12 bits per heavy atom. The minimum atomic E-state index is -0.500. The van der Waals surface area contributed by atoms with Crippen molar-refractivity contribution in [1.29, 1.82) is 0 Å². The lowest BCUT2D eigenvalue weighted by molar-refractivity contribution is -0.148. The third-order valence-corrected chi connectivity index (χ3v) is 4.93. The number of rotatable bonds is 2. The standard InChI is InChI=1S/C15H18N2O3.C8H7BrN2O/c1-15(2,3)20-13(19)7-4-10-8-11-5-6-12(18)17-14(11)16-9-10;9-6-3-5-1-2-7(12)11-8(5)10-4-6/h4,7-9H,5-6H2,1-3H3,(H,16,17,18);3-4H,1-2H2,(H,10,11,12)/b7-4+;. The van der Waals surface area contributed by atoms with Crippen molar-refractivity contribution >= 4 is 51.4 Å². The van der Waals surface area contributed by atoms with Gasteiger partial charge in [0.2, 0.25) is 11.8 Å². The van der Waals surface area contributed by atoms with Crippen LogP contribution in [0.15, 0.2) is 35.1 Å². The number of hydrogen-bond acceptors (Lipinski definition) is 6. The second-order valence-corrected chi connectivity index (χ2v) is 9.32. The van der Waals surface area contributed by atoms with Crippen molar-refractivity contribution < 1.29 is 19.1 Å². The molecule has 2 aromatic heterocycles. The molecule has 0 atom stereocenters. The monoisotopic (exact) mass is 500 g/mol. The Morgan fingerprint density at radius 2 is 1.53 bits per heavy atom. The van der Waals surface area contributed by atoms with Gasteiger partial charge in [-0.05, 0) is 84.4 Å². The molecule has 2 N–H and O–H groups in total. The molecular formula is C23H25BrN4O4. The molecule has 0 spiro atoms. The van der Waals surface area contributed by atoms with E-state index in [1.807, 2.05) is 32.9 Å². The highest BCUT2D eigenvalue weighted by Crippen LogP contribution is 2.23. The van der Waals surface area contributed by atoms with Crippen LogP contribution in [-0.2, 0) is 32.0 Å². The second-order valence-electron chi connectivity index (χ2n) is 8.40. The highest BCUT2D eigenvalue weighted by atomic mass is 79.9. The first kappa shape index (κ1) is 23.6. The Morgan fingerprint density at radius 1 is 0.969 bits per heavy atom. The van der Waals surface area contributed by atoms with E-state index in [9.17, 15) is 14.4 Å². The van der Waals surface area contributed by atoms with E-state index in [1.54, 1.807) is 18.5 Å². The summed E-state index contributed by atoms with van der Waals surface area (Å²) in [5.74, 6) is 0.966. The van der Waals surface area contributed by atoms with Crippen molar-refractivity contribution in [2.45, 2.75) is 52.1 Å². The molecule has 32 heavy (non-hydrogen) atoms. The molecule has 2 amide bonds. The van der Waals surface area contributed by atoms with Gasteiger partial charge in [0, 0.05) is 35.8 Å². The van der Waals surface area contributed by atoms with Crippen molar-refractivity contribution in [2.75, 3.05) is 10.6 Å². The quantitative estimate of drug-likeness (QED) is 0.475. The number of ether oxygens (including phenoxy) is 1. The third kappa shape index (κ3) is 6.98. The lowest BCUT2D eigenvalue weighted by atomic mass is 10.0. The minimum absolute atomic E-state index is 0.0120. The zero-order chi connectivity index (χ0) is 23.3. The third-order valence-electron chi connectivity index (χ3n) is 4.50. The van der Waals surface area contributed by atoms with Gasteiger partial charge in [0.25, 0.3) is 0 Å². The maximum Gasteiger partial charge on any atom is 0.331 e. The summed E-state index contributed by atoms with van der Waals surface area (Å²) in [7, 11) is 0. The van der Waals surface area contributed by atoms with Crippen LogP contribution < -0.4 is 10.6 Å². The van der Waals surface area contributed by atoms with Crippen molar-refractivity contribution in [3.63, 3.8) is 0 Å². The molecule has 9 heteroatoms. The van der Waals surface area contributed by atoms with Crippen LogP contribution in [0.3, 0.4) is 0 Å². The summed E-state index contributed by atoms with van der Waals surface area (Å²) in [6, 6.07) is 3.91. The first-order valence-corrected chi connectivity index (χ1v) is 11.0. The number of hydrogen-bond donors (Lipinski definition) is 2. The van der Waals surface area contributed by atoms with Crippen molar-refractivity contribution in [3.8, 4) is 0 Å². The van der Waals surface area contributed by atoms with Crippen molar-refractivity contribution in [2.24, 2.45) is 0 Å². The van der Waals surface area contributed by atoms with Crippen LogP contribution in [0.4, 0.5) is 11.6 Å². The van der Waals surface area contributed by atoms with Crippen LogP contribution in [0.2, 0.25) is 0 Å². The number of carbonyl (C=O) groups excluding carboxylic acids is 3. The van der Waals surface area contributed by atoms with Crippen molar-refractivity contribution in [3.05, 3.63) is 51.8 Å². The predicted molar refractivity (Wildman–Crippen MR) is 125 cm³/mol. The molecule has 0 saturated carbocycles. The topological polar surface area (TPSA) is 110 Å². The smallest absolute Gasteiger partial charge is 0.331 e. The molecule has 0 bridgehead atoms. The molecule has 0 aromatic carbocycles. The SMILES string of the molecule is CC(C)(C)OC(=O)/C=C/c1cnc2c(c1)CCC(=O)N2.O=C1CCc2cc(Br)cnc2N1. The van der Waals surface area contributed by atoms with Gasteiger partial charge in [0.15, 0.2) is 0 Å². The average Bonchev–Trinajstić information content (AvgIpc) is 2.71. The molecule has 2 aliphatic rings. The van der Waals surface area contributed by atoms with Crippen LogP contribution in [0.1, 0.15) is 50.3 Å². The van der Waals surface area contributed by atoms with Crippen LogP contribution in [0.25, 0.3) is 6.08 Å². The number of carbonyl (C=O) groups is 3. The minimum Gasteiger partial charge on any atom is -0.457 e. The summed E-state index contributed by atoms with van der Waals surface area (Å²) >= 11 is 3.33. The highest BCUT2D eigenvalue weighted by molar-refractivity contribution is 9.10. The largest absolute Gasteiger partial charge is 0.457 e. The number of aryl methyl sites for hydroxylation is 2. The van der Waals surface area contributed by atoms with Gasteiger partial charge in [-0.2, -0.15) is 0 Å². The fourth-order valence-corrected chi connectivity index (χ4v) is 3.47. The van der Waals surface area contributed by atoms with E-state index in [-0.39, 0.29) is 17.8 Å².